The smallest absolute Gasteiger partial charge is 0.387 e. The number of halogens is 2. The molecule has 0 aromatic heterocycles. The molecule has 0 saturated carbocycles. The third-order valence-corrected chi connectivity index (χ3v) is 3.84. The number of ether oxygens (including phenoxy) is 3. The quantitative estimate of drug-likeness (QED) is 0.472. The summed E-state index contributed by atoms with van der Waals surface area (Å²) in [4.78, 5) is 25.4. The second kappa shape index (κ2) is 10.8. The van der Waals surface area contributed by atoms with E-state index in [1.54, 1.807) is 7.05 Å². The van der Waals surface area contributed by atoms with E-state index in [2.05, 4.69) is 4.74 Å². The van der Waals surface area contributed by atoms with E-state index in [4.69, 9.17) is 9.47 Å². The Morgan fingerprint density at radius 1 is 1.10 bits per heavy atom. The van der Waals surface area contributed by atoms with Gasteiger partial charge in [0.05, 0.1) is 7.11 Å². The zero-order valence-electron chi connectivity index (χ0n) is 16.0. The van der Waals surface area contributed by atoms with Crippen LogP contribution >= 0.6 is 0 Å². The van der Waals surface area contributed by atoms with Crippen molar-refractivity contribution in [3.8, 4) is 11.5 Å². The average Bonchev–Trinajstić information content (AvgIpc) is 2.71. The van der Waals surface area contributed by atoms with Crippen molar-refractivity contribution in [1.29, 1.82) is 0 Å². The molecule has 0 radical (unpaired) electrons. The molecule has 0 spiro atoms. The van der Waals surface area contributed by atoms with Crippen LogP contribution in [0, 0.1) is 0 Å². The summed E-state index contributed by atoms with van der Waals surface area (Å²) in [5.74, 6) is -1.07. The van der Waals surface area contributed by atoms with Gasteiger partial charge in [-0.25, -0.2) is 4.79 Å². The zero-order valence-corrected chi connectivity index (χ0v) is 16.0. The summed E-state index contributed by atoms with van der Waals surface area (Å²) in [6.45, 7) is -2.96. The number of methoxy groups -OCH3 is 1. The summed E-state index contributed by atoms with van der Waals surface area (Å²) in [5, 5.41) is 0. The van der Waals surface area contributed by atoms with Crippen LogP contribution in [0.15, 0.2) is 54.6 Å². The van der Waals surface area contributed by atoms with Crippen molar-refractivity contribution in [2.45, 2.75) is 13.2 Å². The van der Waals surface area contributed by atoms with Crippen LogP contribution in [-0.4, -0.2) is 44.2 Å². The standard InChI is InChI=1S/C21H21F2NO5/c1-24(13-16-6-4-3-5-7-16)19(25)14-28-20(26)11-9-15-8-10-17(29-21(22)23)18(12-15)27-2/h3-12,21H,13-14H2,1-2H3/b11-9+. The van der Waals surface area contributed by atoms with Crippen molar-refractivity contribution in [2.75, 3.05) is 20.8 Å². The number of hydrogen-bond donors (Lipinski definition) is 0. The molecule has 0 N–H and O–H groups in total. The highest BCUT2D eigenvalue weighted by Crippen LogP contribution is 2.29. The second-order valence-electron chi connectivity index (χ2n) is 5.97. The zero-order chi connectivity index (χ0) is 21.2. The van der Waals surface area contributed by atoms with E-state index in [0.717, 1.165) is 11.6 Å². The normalized spacial score (nSPS) is 10.8. The molecule has 0 aliphatic heterocycles. The van der Waals surface area contributed by atoms with Crippen LogP contribution in [0.3, 0.4) is 0 Å². The molecule has 0 aliphatic rings. The second-order valence-corrected chi connectivity index (χ2v) is 5.97. The van der Waals surface area contributed by atoms with E-state index in [0.29, 0.717) is 12.1 Å². The maximum Gasteiger partial charge on any atom is 0.387 e. The first-order valence-electron chi connectivity index (χ1n) is 8.64. The van der Waals surface area contributed by atoms with Crippen LogP contribution in [-0.2, 0) is 20.9 Å². The Hall–Kier alpha value is -3.42. The van der Waals surface area contributed by atoms with E-state index in [-0.39, 0.29) is 17.4 Å². The number of rotatable bonds is 9. The van der Waals surface area contributed by atoms with Crippen molar-refractivity contribution in [3.63, 3.8) is 0 Å². The van der Waals surface area contributed by atoms with Gasteiger partial charge in [0.15, 0.2) is 18.1 Å². The van der Waals surface area contributed by atoms with Gasteiger partial charge in [0, 0.05) is 19.7 Å². The third kappa shape index (κ3) is 7.25. The molecule has 0 heterocycles. The summed E-state index contributed by atoms with van der Waals surface area (Å²) in [5.41, 5.74) is 1.47. The first kappa shape index (κ1) is 21.9. The minimum atomic E-state index is -2.97. The molecule has 0 unspecified atom stereocenters. The molecule has 0 fully saturated rings. The fourth-order valence-electron chi connectivity index (χ4n) is 2.38. The van der Waals surface area contributed by atoms with Gasteiger partial charge in [-0.15, -0.1) is 0 Å². The molecule has 29 heavy (non-hydrogen) atoms. The monoisotopic (exact) mass is 405 g/mol. The maximum atomic E-state index is 12.3. The number of carbonyl (C=O) groups excluding carboxylic acids is 2. The first-order chi connectivity index (χ1) is 13.9. The van der Waals surface area contributed by atoms with Crippen molar-refractivity contribution in [1.82, 2.24) is 4.90 Å². The van der Waals surface area contributed by atoms with Gasteiger partial charge in [-0.1, -0.05) is 36.4 Å². The van der Waals surface area contributed by atoms with Crippen LogP contribution < -0.4 is 9.47 Å². The highest BCUT2D eigenvalue weighted by atomic mass is 19.3. The summed E-state index contributed by atoms with van der Waals surface area (Å²) in [7, 11) is 2.93. The Morgan fingerprint density at radius 2 is 1.83 bits per heavy atom. The van der Waals surface area contributed by atoms with Crippen LogP contribution in [0.1, 0.15) is 11.1 Å². The van der Waals surface area contributed by atoms with Crippen molar-refractivity contribution in [3.05, 3.63) is 65.7 Å². The Bertz CT molecular complexity index is 855. The molecular weight excluding hydrogens is 384 g/mol. The molecule has 1 amide bonds. The molecular formula is C21H21F2NO5. The van der Waals surface area contributed by atoms with E-state index >= 15 is 0 Å². The van der Waals surface area contributed by atoms with Crippen molar-refractivity contribution < 1.29 is 32.6 Å². The number of nitrogens with zero attached hydrogens (tertiary/aromatic N) is 1. The van der Waals surface area contributed by atoms with Gasteiger partial charge in [-0.3, -0.25) is 4.79 Å². The predicted octanol–water partition coefficient (Wildman–Crippen LogP) is 3.51. The van der Waals surface area contributed by atoms with E-state index in [1.165, 1.54) is 36.3 Å². The topological polar surface area (TPSA) is 65.1 Å². The van der Waals surface area contributed by atoms with E-state index < -0.39 is 19.2 Å². The van der Waals surface area contributed by atoms with Gasteiger partial charge in [0.2, 0.25) is 0 Å². The molecule has 0 aliphatic carbocycles. The number of likely N-dealkylation sites (N-methyl/N-ethyl adjacent to an activating group) is 1. The molecule has 0 atom stereocenters. The molecule has 154 valence electrons. The van der Waals surface area contributed by atoms with Gasteiger partial charge >= 0.3 is 12.6 Å². The summed E-state index contributed by atoms with van der Waals surface area (Å²) < 4.78 is 38.9. The molecule has 2 aromatic carbocycles. The Balaban J connectivity index is 1.86. The van der Waals surface area contributed by atoms with Gasteiger partial charge in [0.1, 0.15) is 0 Å². The Morgan fingerprint density at radius 3 is 2.48 bits per heavy atom. The van der Waals surface area contributed by atoms with Gasteiger partial charge in [0.25, 0.3) is 5.91 Å². The first-order valence-corrected chi connectivity index (χ1v) is 8.64. The predicted molar refractivity (Wildman–Crippen MR) is 103 cm³/mol. The van der Waals surface area contributed by atoms with E-state index in [9.17, 15) is 18.4 Å². The molecule has 6 nitrogen and oxygen atoms in total. The summed E-state index contributed by atoms with van der Waals surface area (Å²) in [6.07, 6.45) is 2.54. The molecule has 2 rings (SSSR count). The fraction of sp³-hybridized carbons (Fsp3) is 0.238. The summed E-state index contributed by atoms with van der Waals surface area (Å²) in [6, 6.07) is 13.6. The lowest BCUT2D eigenvalue weighted by Crippen LogP contribution is -2.30. The summed E-state index contributed by atoms with van der Waals surface area (Å²) >= 11 is 0. The minimum Gasteiger partial charge on any atom is -0.493 e. The minimum absolute atomic E-state index is 0.0959. The fourth-order valence-corrected chi connectivity index (χ4v) is 2.38. The average molecular weight is 405 g/mol. The highest BCUT2D eigenvalue weighted by molar-refractivity contribution is 5.89. The van der Waals surface area contributed by atoms with Crippen molar-refractivity contribution in [2.24, 2.45) is 0 Å². The molecule has 0 bridgehead atoms. The largest absolute Gasteiger partial charge is 0.493 e. The maximum absolute atomic E-state index is 12.3. The third-order valence-electron chi connectivity index (χ3n) is 3.84. The number of amides is 1. The SMILES string of the molecule is COc1cc(/C=C/C(=O)OCC(=O)N(C)Cc2ccccc2)ccc1OC(F)F. The number of benzene rings is 2. The number of alkyl halides is 2. The number of esters is 1. The molecule has 8 heteroatoms. The molecule has 2 aromatic rings. The lowest BCUT2D eigenvalue weighted by atomic mass is 10.2. The van der Waals surface area contributed by atoms with Gasteiger partial charge in [-0.2, -0.15) is 8.78 Å². The van der Waals surface area contributed by atoms with Gasteiger partial charge < -0.3 is 19.1 Å². The van der Waals surface area contributed by atoms with Crippen LogP contribution in [0.4, 0.5) is 8.78 Å². The number of hydrogen-bond acceptors (Lipinski definition) is 5. The molecule has 0 saturated heterocycles. The van der Waals surface area contributed by atoms with Crippen LogP contribution in [0.5, 0.6) is 11.5 Å². The van der Waals surface area contributed by atoms with Gasteiger partial charge in [-0.05, 0) is 29.3 Å². The van der Waals surface area contributed by atoms with E-state index in [1.807, 2.05) is 30.3 Å². The van der Waals surface area contributed by atoms with Crippen LogP contribution in [0.25, 0.3) is 6.08 Å². The Labute approximate surface area is 167 Å². The van der Waals surface area contributed by atoms with Crippen LogP contribution in [0.2, 0.25) is 0 Å². The Kier molecular flexibility index (Phi) is 8.14. The lowest BCUT2D eigenvalue weighted by molar-refractivity contribution is -0.147. The van der Waals surface area contributed by atoms with Crippen molar-refractivity contribution >= 4 is 18.0 Å². The number of carbonyl (C=O) groups is 2. The highest BCUT2D eigenvalue weighted by Gasteiger charge is 2.12. The lowest BCUT2D eigenvalue weighted by Gasteiger charge is -2.16.